The first-order valence-corrected chi connectivity index (χ1v) is 11.3. The third kappa shape index (κ3) is 6.39. The predicted octanol–water partition coefficient (Wildman–Crippen LogP) is -0.346. The van der Waals surface area contributed by atoms with Crippen LogP contribution in [-0.2, 0) is 9.59 Å². The van der Waals surface area contributed by atoms with E-state index in [1.807, 2.05) is 23.1 Å². The summed E-state index contributed by atoms with van der Waals surface area (Å²) in [4.78, 5) is 29.1. The highest BCUT2D eigenvalue weighted by Crippen LogP contribution is 2.22. The first-order chi connectivity index (χ1) is 14.2. The molecule has 156 valence electrons. The van der Waals surface area contributed by atoms with Crippen LogP contribution >= 0.6 is 11.3 Å². The third-order valence-corrected chi connectivity index (χ3v) is 6.30. The molecule has 1 saturated heterocycles. The zero-order valence-electron chi connectivity index (χ0n) is 17.1. The molecule has 1 aliphatic rings. The van der Waals surface area contributed by atoms with Crippen molar-refractivity contribution in [1.29, 1.82) is 0 Å². The molecule has 1 aromatic carbocycles. The van der Waals surface area contributed by atoms with Gasteiger partial charge in [-0.1, -0.05) is 43.3 Å². The second-order valence-electron chi connectivity index (χ2n) is 7.50. The molecule has 2 heterocycles. The summed E-state index contributed by atoms with van der Waals surface area (Å²) >= 11 is 1.73. The van der Waals surface area contributed by atoms with Gasteiger partial charge in [-0.25, -0.2) is 0 Å². The quantitative estimate of drug-likeness (QED) is 0.523. The number of nitrogens with one attached hydrogen (secondary N) is 2. The zero-order chi connectivity index (χ0) is 20.5. The van der Waals surface area contributed by atoms with Crippen molar-refractivity contribution in [1.82, 2.24) is 10.2 Å². The number of piperazine rings is 1. The average molecular weight is 417 g/mol. The third-order valence-electron chi connectivity index (χ3n) is 5.34. The van der Waals surface area contributed by atoms with E-state index in [1.165, 1.54) is 15.3 Å². The number of hydrogen-bond acceptors (Lipinski definition) is 3. The van der Waals surface area contributed by atoms with Gasteiger partial charge < -0.3 is 20.4 Å². The molecular weight excluding hydrogens is 384 g/mol. The second kappa shape index (κ2) is 11.1. The summed E-state index contributed by atoms with van der Waals surface area (Å²) in [5.74, 6) is 0.286. The van der Waals surface area contributed by atoms with Gasteiger partial charge in [-0.3, -0.25) is 9.59 Å². The number of nitrogens with zero attached hydrogens (tertiary/aromatic N) is 1. The van der Waals surface area contributed by atoms with Gasteiger partial charge in [0.05, 0.1) is 31.1 Å². The van der Waals surface area contributed by atoms with Gasteiger partial charge in [0, 0.05) is 12.1 Å². The number of thiophene rings is 1. The number of quaternary nitrogens is 2. The molecule has 1 atom stereocenters. The Morgan fingerprint density at radius 2 is 1.93 bits per heavy atom. The average Bonchev–Trinajstić information content (AvgIpc) is 3.28. The van der Waals surface area contributed by atoms with E-state index in [9.17, 15) is 9.59 Å². The molecule has 4 N–H and O–H groups in total. The smallest absolute Gasteiger partial charge is 0.278 e. The van der Waals surface area contributed by atoms with Crippen molar-refractivity contribution in [3.05, 3.63) is 58.3 Å². The van der Waals surface area contributed by atoms with Crippen LogP contribution in [-0.4, -0.2) is 62.5 Å². The second-order valence-corrected chi connectivity index (χ2v) is 8.48. The van der Waals surface area contributed by atoms with E-state index in [1.54, 1.807) is 11.3 Å². The number of benzene rings is 1. The SMILES string of the molecule is CCCNC(=O)C[NH+]1CCN(C(=O)C[NH2+][C@@H](c2ccccc2)c2cccs2)CC1. The summed E-state index contributed by atoms with van der Waals surface area (Å²) in [6, 6.07) is 14.7. The highest BCUT2D eigenvalue weighted by atomic mass is 32.1. The van der Waals surface area contributed by atoms with Gasteiger partial charge in [-0.2, -0.15) is 0 Å². The van der Waals surface area contributed by atoms with Crippen LogP contribution in [0.1, 0.15) is 29.8 Å². The first-order valence-electron chi connectivity index (χ1n) is 10.5. The normalized spacial score (nSPS) is 15.8. The van der Waals surface area contributed by atoms with Gasteiger partial charge >= 0.3 is 0 Å². The minimum Gasteiger partial charge on any atom is -0.351 e. The molecule has 0 aliphatic carbocycles. The summed E-state index contributed by atoms with van der Waals surface area (Å²) in [5, 5.41) is 7.15. The largest absolute Gasteiger partial charge is 0.351 e. The van der Waals surface area contributed by atoms with E-state index in [0.717, 1.165) is 39.1 Å². The van der Waals surface area contributed by atoms with Crippen molar-refractivity contribution < 1.29 is 19.8 Å². The molecule has 1 aliphatic heterocycles. The van der Waals surface area contributed by atoms with E-state index in [2.05, 4.69) is 47.2 Å². The van der Waals surface area contributed by atoms with E-state index >= 15 is 0 Å². The first kappa shape index (κ1) is 21.5. The molecule has 2 amide bonds. The lowest BCUT2D eigenvalue weighted by Gasteiger charge is -2.31. The maximum Gasteiger partial charge on any atom is 0.278 e. The van der Waals surface area contributed by atoms with Crippen molar-refractivity contribution in [2.75, 3.05) is 45.8 Å². The van der Waals surface area contributed by atoms with Gasteiger partial charge in [0.2, 0.25) is 0 Å². The molecule has 0 saturated carbocycles. The van der Waals surface area contributed by atoms with Crippen LogP contribution in [0.15, 0.2) is 47.8 Å². The van der Waals surface area contributed by atoms with Gasteiger partial charge in [0.1, 0.15) is 6.04 Å². The Hall–Kier alpha value is -2.22. The number of amides is 2. The summed E-state index contributed by atoms with van der Waals surface area (Å²) in [5.41, 5.74) is 1.22. The predicted molar refractivity (Wildman–Crippen MR) is 115 cm³/mol. The summed E-state index contributed by atoms with van der Waals surface area (Å²) < 4.78 is 0. The van der Waals surface area contributed by atoms with Crippen LogP contribution in [0.2, 0.25) is 0 Å². The molecule has 6 nitrogen and oxygen atoms in total. The standard InChI is InChI=1S/C22H30N4O2S/c1-2-10-23-20(27)17-25-11-13-26(14-12-25)21(28)16-24-22(19-9-6-15-29-19)18-7-4-3-5-8-18/h3-9,15,22,24H,2,10-14,16-17H2,1H3,(H,23,27)/p+2/t22-/m0/s1. The van der Waals surface area contributed by atoms with Crippen molar-refractivity contribution >= 4 is 23.2 Å². The minimum atomic E-state index is 0.108. The lowest BCUT2D eigenvalue weighted by atomic mass is 10.1. The fourth-order valence-corrected chi connectivity index (χ4v) is 4.55. The van der Waals surface area contributed by atoms with E-state index in [-0.39, 0.29) is 17.9 Å². The molecule has 7 heteroatoms. The summed E-state index contributed by atoms with van der Waals surface area (Å²) in [6.07, 6.45) is 0.954. The van der Waals surface area contributed by atoms with Crippen LogP contribution in [0.25, 0.3) is 0 Å². The van der Waals surface area contributed by atoms with Crippen molar-refractivity contribution in [2.24, 2.45) is 0 Å². The molecule has 29 heavy (non-hydrogen) atoms. The molecule has 0 bridgehead atoms. The number of rotatable bonds is 9. The van der Waals surface area contributed by atoms with Crippen LogP contribution in [0.5, 0.6) is 0 Å². The topological polar surface area (TPSA) is 70.5 Å². The van der Waals surface area contributed by atoms with Gasteiger partial charge in [-0.05, 0) is 17.9 Å². The summed E-state index contributed by atoms with van der Waals surface area (Å²) in [6.45, 7) is 6.83. The van der Waals surface area contributed by atoms with Gasteiger partial charge in [-0.15, -0.1) is 11.3 Å². The van der Waals surface area contributed by atoms with Gasteiger partial charge in [0.15, 0.2) is 13.1 Å². The highest BCUT2D eigenvalue weighted by Gasteiger charge is 2.27. The summed E-state index contributed by atoms with van der Waals surface area (Å²) in [7, 11) is 0. The molecule has 0 radical (unpaired) electrons. The highest BCUT2D eigenvalue weighted by molar-refractivity contribution is 7.10. The van der Waals surface area contributed by atoms with E-state index < -0.39 is 0 Å². The Bertz CT molecular complexity index is 758. The zero-order valence-corrected chi connectivity index (χ0v) is 17.9. The van der Waals surface area contributed by atoms with Crippen LogP contribution in [0.4, 0.5) is 0 Å². The maximum atomic E-state index is 12.8. The molecular formula is C22H32N4O2S+2. The fourth-order valence-electron chi connectivity index (χ4n) is 3.70. The van der Waals surface area contributed by atoms with Crippen molar-refractivity contribution in [3.8, 4) is 0 Å². The Balaban J connectivity index is 1.48. The lowest BCUT2D eigenvalue weighted by molar-refractivity contribution is -0.896. The van der Waals surface area contributed by atoms with Crippen LogP contribution < -0.4 is 15.5 Å². The van der Waals surface area contributed by atoms with Crippen molar-refractivity contribution in [2.45, 2.75) is 19.4 Å². The molecule has 1 fully saturated rings. The lowest BCUT2D eigenvalue weighted by Crippen LogP contribution is -3.16. The number of hydrogen-bond donors (Lipinski definition) is 3. The molecule has 0 spiro atoms. The Morgan fingerprint density at radius 1 is 1.17 bits per heavy atom. The number of carbonyl (C=O) groups excluding carboxylic acids is 2. The van der Waals surface area contributed by atoms with E-state index in [0.29, 0.717) is 13.1 Å². The number of carbonyl (C=O) groups is 2. The fraction of sp³-hybridized carbons (Fsp3) is 0.455. The van der Waals surface area contributed by atoms with Crippen LogP contribution in [0, 0.1) is 0 Å². The Labute approximate surface area is 176 Å². The monoisotopic (exact) mass is 416 g/mol. The molecule has 0 unspecified atom stereocenters. The van der Waals surface area contributed by atoms with E-state index in [4.69, 9.17) is 0 Å². The minimum absolute atomic E-state index is 0.108. The van der Waals surface area contributed by atoms with Crippen LogP contribution in [0.3, 0.4) is 0 Å². The number of nitrogens with two attached hydrogens (primary N) is 1. The van der Waals surface area contributed by atoms with Crippen molar-refractivity contribution in [3.63, 3.8) is 0 Å². The van der Waals surface area contributed by atoms with Gasteiger partial charge in [0.25, 0.3) is 11.8 Å². The molecule has 2 aromatic rings. The molecule has 3 rings (SSSR count). The molecule has 1 aromatic heterocycles. The maximum absolute atomic E-state index is 12.8. The Kier molecular flexibility index (Phi) is 8.22. The Morgan fingerprint density at radius 3 is 2.59 bits per heavy atom.